The Balaban J connectivity index is 1.75. The molecule has 0 aliphatic carbocycles. The molecule has 3 aromatic rings. The summed E-state index contributed by atoms with van der Waals surface area (Å²) in [5.74, 6) is 1.97. The van der Waals surface area contributed by atoms with Crippen molar-refractivity contribution in [2.24, 2.45) is 0 Å². The Morgan fingerprint density at radius 2 is 2.13 bits per heavy atom. The number of aromatic nitrogens is 5. The van der Waals surface area contributed by atoms with Crippen molar-refractivity contribution < 1.29 is 4.52 Å². The number of thioether (sulfide) groups is 1. The first-order valence-electron chi connectivity index (χ1n) is 7.59. The van der Waals surface area contributed by atoms with Crippen LogP contribution in [0.3, 0.4) is 0 Å². The highest BCUT2D eigenvalue weighted by atomic mass is 32.2. The SMILES string of the molecule is CCCc1noc(CSc2nncn2-c2ccc(C)cc2C)n1. The van der Waals surface area contributed by atoms with E-state index in [4.69, 9.17) is 4.52 Å². The molecule has 0 N–H and O–H groups in total. The topological polar surface area (TPSA) is 69.6 Å². The van der Waals surface area contributed by atoms with Crippen molar-refractivity contribution in [2.45, 2.75) is 44.5 Å². The van der Waals surface area contributed by atoms with Crippen LogP contribution in [-0.4, -0.2) is 24.9 Å². The fourth-order valence-electron chi connectivity index (χ4n) is 2.36. The van der Waals surface area contributed by atoms with Crippen LogP contribution in [0.1, 0.15) is 36.2 Å². The van der Waals surface area contributed by atoms with Crippen molar-refractivity contribution in [1.29, 1.82) is 0 Å². The second-order valence-electron chi connectivity index (χ2n) is 5.42. The van der Waals surface area contributed by atoms with Gasteiger partial charge in [-0.25, -0.2) is 0 Å². The van der Waals surface area contributed by atoms with Crippen LogP contribution in [0.4, 0.5) is 0 Å². The van der Waals surface area contributed by atoms with E-state index < -0.39 is 0 Å². The molecule has 0 amide bonds. The predicted octanol–water partition coefficient (Wildman–Crippen LogP) is 3.51. The van der Waals surface area contributed by atoms with Gasteiger partial charge < -0.3 is 4.52 Å². The largest absolute Gasteiger partial charge is 0.338 e. The Morgan fingerprint density at radius 1 is 1.26 bits per heavy atom. The molecule has 3 rings (SSSR count). The summed E-state index contributed by atoms with van der Waals surface area (Å²) in [6, 6.07) is 6.33. The van der Waals surface area contributed by atoms with Crippen LogP contribution in [0.25, 0.3) is 5.69 Å². The molecule has 120 valence electrons. The minimum absolute atomic E-state index is 0.584. The highest BCUT2D eigenvalue weighted by Crippen LogP contribution is 2.24. The van der Waals surface area contributed by atoms with E-state index in [-0.39, 0.29) is 0 Å². The van der Waals surface area contributed by atoms with E-state index >= 15 is 0 Å². The number of nitrogens with zero attached hydrogens (tertiary/aromatic N) is 5. The predicted molar refractivity (Wildman–Crippen MR) is 88.7 cm³/mol. The van der Waals surface area contributed by atoms with Gasteiger partial charge in [0.2, 0.25) is 5.89 Å². The first-order chi connectivity index (χ1) is 11.2. The van der Waals surface area contributed by atoms with Crippen molar-refractivity contribution in [2.75, 3.05) is 0 Å². The molecule has 0 saturated heterocycles. The lowest BCUT2D eigenvalue weighted by molar-refractivity contribution is 0.384. The molecule has 0 spiro atoms. The molecule has 0 aliphatic rings. The van der Waals surface area contributed by atoms with Gasteiger partial charge in [-0.1, -0.05) is 41.5 Å². The number of hydrogen-bond donors (Lipinski definition) is 0. The highest BCUT2D eigenvalue weighted by molar-refractivity contribution is 7.98. The average Bonchev–Trinajstić information content (AvgIpc) is 3.15. The normalized spacial score (nSPS) is 11.1. The molecule has 0 atom stereocenters. The maximum Gasteiger partial charge on any atom is 0.237 e. The number of benzene rings is 1. The van der Waals surface area contributed by atoms with E-state index in [9.17, 15) is 0 Å². The molecule has 2 heterocycles. The molecule has 0 unspecified atom stereocenters. The van der Waals surface area contributed by atoms with Crippen LogP contribution in [0.2, 0.25) is 0 Å². The van der Waals surface area contributed by atoms with Gasteiger partial charge in [0.1, 0.15) is 6.33 Å². The van der Waals surface area contributed by atoms with Crippen LogP contribution >= 0.6 is 11.8 Å². The molecule has 0 saturated carbocycles. The van der Waals surface area contributed by atoms with E-state index in [2.05, 4.69) is 59.3 Å². The lowest BCUT2D eigenvalue weighted by Crippen LogP contribution is -1.98. The van der Waals surface area contributed by atoms with Crippen LogP contribution in [0.5, 0.6) is 0 Å². The lowest BCUT2D eigenvalue weighted by atomic mass is 10.1. The lowest BCUT2D eigenvalue weighted by Gasteiger charge is -2.09. The molecule has 0 aliphatic heterocycles. The molecule has 1 aromatic carbocycles. The Kier molecular flexibility index (Phi) is 4.76. The monoisotopic (exact) mass is 329 g/mol. The Labute approximate surface area is 139 Å². The zero-order valence-corrected chi connectivity index (χ0v) is 14.3. The standard InChI is InChI=1S/C16H19N5OS/c1-4-5-14-18-15(22-20-14)9-23-16-19-17-10-21(16)13-7-6-11(2)8-12(13)3/h6-8,10H,4-5,9H2,1-3H3. The third kappa shape index (κ3) is 3.61. The van der Waals surface area contributed by atoms with E-state index in [0.717, 1.165) is 29.5 Å². The summed E-state index contributed by atoms with van der Waals surface area (Å²) in [6.45, 7) is 6.27. The van der Waals surface area contributed by atoms with Crippen LogP contribution in [0.15, 0.2) is 34.2 Å². The number of rotatable bonds is 6. The summed E-state index contributed by atoms with van der Waals surface area (Å²) >= 11 is 1.54. The van der Waals surface area contributed by atoms with E-state index in [1.807, 2.05) is 4.57 Å². The Morgan fingerprint density at radius 3 is 2.91 bits per heavy atom. The van der Waals surface area contributed by atoms with Crippen molar-refractivity contribution in [1.82, 2.24) is 24.9 Å². The van der Waals surface area contributed by atoms with Crippen molar-refractivity contribution >= 4 is 11.8 Å². The zero-order valence-electron chi connectivity index (χ0n) is 13.5. The van der Waals surface area contributed by atoms with E-state index in [1.54, 1.807) is 6.33 Å². The van der Waals surface area contributed by atoms with Gasteiger partial charge in [0, 0.05) is 6.42 Å². The van der Waals surface area contributed by atoms with E-state index in [1.165, 1.54) is 22.9 Å². The van der Waals surface area contributed by atoms with Gasteiger partial charge in [0.05, 0.1) is 11.4 Å². The molecular formula is C16H19N5OS. The van der Waals surface area contributed by atoms with Gasteiger partial charge in [0.15, 0.2) is 11.0 Å². The van der Waals surface area contributed by atoms with Gasteiger partial charge in [-0.3, -0.25) is 4.57 Å². The Bertz CT molecular complexity index is 795. The summed E-state index contributed by atoms with van der Waals surface area (Å²) in [7, 11) is 0. The average molecular weight is 329 g/mol. The highest BCUT2D eigenvalue weighted by Gasteiger charge is 2.12. The summed E-state index contributed by atoms with van der Waals surface area (Å²) in [5, 5.41) is 13.0. The third-order valence-electron chi connectivity index (χ3n) is 3.44. The molecule has 23 heavy (non-hydrogen) atoms. The minimum Gasteiger partial charge on any atom is -0.338 e. The minimum atomic E-state index is 0.584. The van der Waals surface area contributed by atoms with Crippen LogP contribution in [-0.2, 0) is 12.2 Å². The maximum atomic E-state index is 5.26. The van der Waals surface area contributed by atoms with E-state index in [0.29, 0.717) is 11.6 Å². The second kappa shape index (κ2) is 6.95. The summed E-state index contributed by atoms with van der Waals surface area (Å²) in [6.07, 6.45) is 3.58. The second-order valence-corrected chi connectivity index (χ2v) is 6.36. The van der Waals surface area contributed by atoms with Gasteiger partial charge >= 0.3 is 0 Å². The van der Waals surface area contributed by atoms with Crippen molar-refractivity contribution in [3.05, 3.63) is 47.4 Å². The molecule has 7 heteroatoms. The molecule has 0 bridgehead atoms. The molecule has 2 aromatic heterocycles. The fourth-order valence-corrected chi connectivity index (χ4v) is 3.12. The molecule has 0 fully saturated rings. The molecule has 0 radical (unpaired) electrons. The van der Waals surface area contributed by atoms with Gasteiger partial charge in [-0.05, 0) is 31.9 Å². The molecule has 6 nitrogen and oxygen atoms in total. The van der Waals surface area contributed by atoms with Gasteiger partial charge in [-0.15, -0.1) is 10.2 Å². The third-order valence-corrected chi connectivity index (χ3v) is 4.36. The van der Waals surface area contributed by atoms with Crippen LogP contribution in [0, 0.1) is 13.8 Å². The Hall–Kier alpha value is -2.15. The smallest absolute Gasteiger partial charge is 0.237 e. The van der Waals surface area contributed by atoms with Gasteiger partial charge in [0.25, 0.3) is 0 Å². The number of aryl methyl sites for hydroxylation is 3. The maximum absolute atomic E-state index is 5.26. The zero-order chi connectivity index (χ0) is 16.2. The van der Waals surface area contributed by atoms with Gasteiger partial charge in [-0.2, -0.15) is 4.98 Å². The summed E-state index contributed by atoms with van der Waals surface area (Å²) in [5.41, 5.74) is 3.51. The first-order valence-corrected chi connectivity index (χ1v) is 8.58. The number of hydrogen-bond acceptors (Lipinski definition) is 6. The quantitative estimate of drug-likeness (QED) is 0.645. The summed E-state index contributed by atoms with van der Waals surface area (Å²) < 4.78 is 7.25. The summed E-state index contributed by atoms with van der Waals surface area (Å²) in [4.78, 5) is 4.37. The van der Waals surface area contributed by atoms with Crippen molar-refractivity contribution in [3.8, 4) is 5.69 Å². The molecular weight excluding hydrogens is 310 g/mol. The fraction of sp³-hybridized carbons (Fsp3) is 0.375. The van der Waals surface area contributed by atoms with Crippen LogP contribution < -0.4 is 0 Å². The first kappa shape index (κ1) is 15.7. The van der Waals surface area contributed by atoms with Crippen molar-refractivity contribution in [3.63, 3.8) is 0 Å².